The third-order valence-electron chi connectivity index (χ3n) is 3.70. The van der Waals surface area contributed by atoms with E-state index in [0.29, 0.717) is 0 Å². The van der Waals surface area contributed by atoms with Gasteiger partial charge in [-0.2, -0.15) is 0 Å². The summed E-state index contributed by atoms with van der Waals surface area (Å²) in [5, 5.41) is 3.74. The molecule has 0 bridgehead atoms. The van der Waals surface area contributed by atoms with Crippen LogP contribution < -0.4 is 26.1 Å². The highest BCUT2D eigenvalue weighted by molar-refractivity contribution is 7.80. The molecular formula is C21H24NOPSi. The van der Waals surface area contributed by atoms with Gasteiger partial charge in [-0.3, -0.25) is 0 Å². The number of hydrogen-bond donors (Lipinski definition) is 1. The summed E-state index contributed by atoms with van der Waals surface area (Å²) >= 11 is 0. The van der Waals surface area contributed by atoms with Crippen molar-refractivity contribution in [2.75, 3.05) is 5.73 Å². The second kappa shape index (κ2) is 7.43. The van der Waals surface area contributed by atoms with Gasteiger partial charge in [0, 0.05) is 11.0 Å². The van der Waals surface area contributed by atoms with Crippen LogP contribution in [0.15, 0.2) is 78.9 Å². The summed E-state index contributed by atoms with van der Waals surface area (Å²) in [4.78, 5) is 0. The van der Waals surface area contributed by atoms with Gasteiger partial charge in [0.1, 0.15) is 5.75 Å². The van der Waals surface area contributed by atoms with Crippen molar-refractivity contribution in [3.63, 3.8) is 0 Å². The van der Waals surface area contributed by atoms with Crippen LogP contribution in [0.1, 0.15) is 0 Å². The Morgan fingerprint density at radius 3 is 1.76 bits per heavy atom. The van der Waals surface area contributed by atoms with E-state index in [0.717, 1.165) is 16.7 Å². The fourth-order valence-corrected chi connectivity index (χ4v) is 5.93. The summed E-state index contributed by atoms with van der Waals surface area (Å²) < 4.78 is 6.21. The molecule has 4 heteroatoms. The summed E-state index contributed by atoms with van der Waals surface area (Å²) in [6.45, 7) is 6.58. The van der Waals surface area contributed by atoms with Gasteiger partial charge in [-0.1, -0.05) is 60.7 Å². The Morgan fingerprint density at radius 1 is 0.760 bits per heavy atom. The molecule has 2 nitrogen and oxygen atoms in total. The fourth-order valence-electron chi connectivity index (χ4n) is 2.72. The molecule has 3 aromatic carbocycles. The number of nitrogen functional groups attached to an aromatic ring is 1. The Kier molecular flexibility index (Phi) is 5.26. The largest absolute Gasteiger partial charge is 0.544 e. The quantitative estimate of drug-likeness (QED) is 0.417. The van der Waals surface area contributed by atoms with Gasteiger partial charge in [-0.05, 0) is 56.4 Å². The van der Waals surface area contributed by atoms with Crippen LogP contribution in [0, 0.1) is 0 Å². The van der Waals surface area contributed by atoms with Gasteiger partial charge >= 0.3 is 0 Å². The van der Waals surface area contributed by atoms with Crippen LogP contribution in [-0.2, 0) is 0 Å². The first-order chi connectivity index (χ1) is 11.9. The molecule has 0 amide bonds. The van der Waals surface area contributed by atoms with Gasteiger partial charge in [0.25, 0.3) is 0 Å². The number of anilines is 1. The number of benzene rings is 3. The van der Waals surface area contributed by atoms with Crippen LogP contribution in [0.25, 0.3) is 0 Å². The first-order valence-corrected chi connectivity index (χ1v) is 13.2. The molecule has 3 rings (SSSR count). The van der Waals surface area contributed by atoms with E-state index in [1.54, 1.807) is 0 Å². The Morgan fingerprint density at radius 2 is 1.28 bits per heavy atom. The SMILES string of the molecule is C[Si](C)(C)Oc1ccc(N)c(P(c2ccccc2)c2ccccc2)c1. The molecule has 0 fully saturated rings. The van der Waals surface area contributed by atoms with Crippen LogP contribution in [-0.4, -0.2) is 8.32 Å². The molecule has 0 unspecified atom stereocenters. The lowest BCUT2D eigenvalue weighted by atomic mass is 10.3. The van der Waals surface area contributed by atoms with Gasteiger partial charge < -0.3 is 10.2 Å². The van der Waals surface area contributed by atoms with Gasteiger partial charge in [-0.15, -0.1) is 0 Å². The van der Waals surface area contributed by atoms with E-state index < -0.39 is 16.2 Å². The monoisotopic (exact) mass is 365 g/mol. The van der Waals surface area contributed by atoms with Crippen LogP contribution in [0.5, 0.6) is 5.75 Å². The molecule has 0 aromatic heterocycles. The first kappa shape index (κ1) is 17.7. The zero-order valence-electron chi connectivity index (χ0n) is 14.9. The highest BCUT2D eigenvalue weighted by atomic mass is 31.1. The molecule has 2 N–H and O–H groups in total. The predicted molar refractivity (Wildman–Crippen MR) is 114 cm³/mol. The summed E-state index contributed by atoms with van der Waals surface area (Å²) in [6, 6.07) is 27.3. The van der Waals surface area contributed by atoms with Crippen molar-refractivity contribution in [1.29, 1.82) is 0 Å². The van der Waals surface area contributed by atoms with Crippen LogP contribution >= 0.6 is 7.92 Å². The topological polar surface area (TPSA) is 35.2 Å². The van der Waals surface area contributed by atoms with E-state index >= 15 is 0 Å². The minimum absolute atomic E-state index is 0.714. The normalized spacial score (nSPS) is 11.5. The van der Waals surface area contributed by atoms with Gasteiger partial charge in [0.2, 0.25) is 8.32 Å². The molecular weight excluding hydrogens is 341 g/mol. The van der Waals surface area contributed by atoms with Crippen molar-refractivity contribution in [3.8, 4) is 5.75 Å². The summed E-state index contributed by atoms with van der Waals surface area (Å²) in [7, 11) is -2.38. The molecule has 0 atom stereocenters. The number of rotatable bonds is 5. The van der Waals surface area contributed by atoms with E-state index in [1.807, 2.05) is 12.1 Å². The highest BCUT2D eigenvalue weighted by Crippen LogP contribution is 2.36. The van der Waals surface area contributed by atoms with Crippen molar-refractivity contribution in [3.05, 3.63) is 78.9 Å². The van der Waals surface area contributed by atoms with Crippen molar-refractivity contribution in [2.45, 2.75) is 19.6 Å². The zero-order valence-corrected chi connectivity index (χ0v) is 16.8. The first-order valence-electron chi connectivity index (χ1n) is 8.43. The third kappa shape index (κ3) is 4.50. The lowest BCUT2D eigenvalue weighted by molar-refractivity contribution is 0.558. The molecule has 0 aliphatic carbocycles. The van der Waals surface area contributed by atoms with Crippen molar-refractivity contribution >= 4 is 37.8 Å². The number of hydrogen-bond acceptors (Lipinski definition) is 2. The Bertz CT molecular complexity index is 792. The average molecular weight is 365 g/mol. The van der Waals surface area contributed by atoms with Crippen LogP contribution in [0.3, 0.4) is 0 Å². The molecule has 25 heavy (non-hydrogen) atoms. The Balaban J connectivity index is 2.12. The molecule has 0 aliphatic heterocycles. The fraction of sp³-hybridized carbons (Fsp3) is 0.143. The lowest BCUT2D eigenvalue weighted by Gasteiger charge is -2.24. The number of nitrogens with two attached hydrogens (primary N) is 1. The molecule has 0 radical (unpaired) electrons. The molecule has 0 aliphatic rings. The van der Waals surface area contributed by atoms with E-state index in [1.165, 1.54) is 10.6 Å². The maximum absolute atomic E-state index is 6.40. The molecule has 0 saturated carbocycles. The smallest absolute Gasteiger partial charge is 0.242 e. The molecule has 0 saturated heterocycles. The van der Waals surface area contributed by atoms with Gasteiger partial charge in [-0.25, -0.2) is 0 Å². The standard InChI is InChI=1S/C21H24NOPSi/c1-25(2,3)23-17-14-15-20(22)21(16-17)24(18-10-6-4-7-11-18)19-12-8-5-9-13-19/h4-16H,22H2,1-3H3. The van der Waals surface area contributed by atoms with Crippen molar-refractivity contribution < 1.29 is 4.43 Å². The predicted octanol–water partition coefficient (Wildman–Crippen LogP) is 4.24. The minimum atomic E-state index is -1.67. The molecule has 0 spiro atoms. The summed E-state index contributed by atoms with van der Waals surface area (Å²) in [6.07, 6.45) is 0. The Labute approximate surface area is 152 Å². The maximum atomic E-state index is 6.40. The van der Waals surface area contributed by atoms with E-state index in [9.17, 15) is 0 Å². The van der Waals surface area contributed by atoms with Crippen LogP contribution in [0.2, 0.25) is 19.6 Å². The van der Waals surface area contributed by atoms with Crippen LogP contribution in [0.4, 0.5) is 5.69 Å². The summed E-state index contributed by atoms with van der Waals surface area (Å²) in [5.74, 6) is 0.919. The maximum Gasteiger partial charge on any atom is 0.242 e. The third-order valence-corrected chi connectivity index (χ3v) is 7.04. The van der Waals surface area contributed by atoms with Gasteiger partial charge in [0.05, 0.1) is 0 Å². The van der Waals surface area contributed by atoms with E-state index in [-0.39, 0.29) is 0 Å². The zero-order chi connectivity index (χ0) is 17.9. The van der Waals surface area contributed by atoms with E-state index in [4.69, 9.17) is 10.2 Å². The molecule has 128 valence electrons. The van der Waals surface area contributed by atoms with Gasteiger partial charge in [0.15, 0.2) is 0 Å². The van der Waals surface area contributed by atoms with E-state index in [2.05, 4.69) is 86.4 Å². The second-order valence-electron chi connectivity index (χ2n) is 6.94. The van der Waals surface area contributed by atoms with Crippen molar-refractivity contribution in [1.82, 2.24) is 0 Å². The van der Waals surface area contributed by atoms with Crippen molar-refractivity contribution in [2.24, 2.45) is 0 Å². The lowest BCUT2D eigenvalue weighted by Crippen LogP contribution is -2.30. The summed E-state index contributed by atoms with van der Waals surface area (Å²) in [5.41, 5.74) is 7.22. The Hall–Kier alpha value is -2.09. The highest BCUT2D eigenvalue weighted by Gasteiger charge is 2.21. The minimum Gasteiger partial charge on any atom is -0.544 e. The second-order valence-corrected chi connectivity index (χ2v) is 13.6. The molecule has 3 aromatic rings. The molecule has 0 heterocycles. The average Bonchev–Trinajstić information content (AvgIpc) is 2.59.